The number of hydrogen-bond acceptors (Lipinski definition) is 4. The maximum absolute atomic E-state index is 12.1. The fraction of sp³-hybridized carbons (Fsp3) is 0.767. The van der Waals surface area contributed by atoms with Crippen LogP contribution in [0.5, 0.6) is 0 Å². The smallest absolute Gasteiger partial charge is 0.316 e. The number of carboxylic acids is 2. The Bertz CT molecular complexity index is 979. The topological polar surface area (TPSA) is 112 Å². The lowest BCUT2D eigenvalue weighted by Crippen LogP contribution is -2.49. The summed E-state index contributed by atoms with van der Waals surface area (Å²) in [5.74, 6) is 0.388. The van der Waals surface area contributed by atoms with Crippen LogP contribution in [0.4, 0.5) is 0 Å². The number of carboxylic acid groups (broad SMARTS) is 2. The van der Waals surface area contributed by atoms with Crippen molar-refractivity contribution in [1.29, 1.82) is 0 Å². The predicted octanol–water partition coefficient (Wildman–Crippen LogP) is 5.89. The molecule has 6 nitrogen and oxygen atoms in total. The van der Waals surface area contributed by atoms with Crippen LogP contribution in [0.3, 0.4) is 0 Å². The van der Waals surface area contributed by atoms with Crippen molar-refractivity contribution in [3.05, 3.63) is 23.3 Å². The van der Waals surface area contributed by atoms with Gasteiger partial charge < -0.3 is 15.3 Å². The zero-order chi connectivity index (χ0) is 27.4. The van der Waals surface area contributed by atoms with E-state index in [1.807, 2.05) is 0 Å². The zero-order valence-corrected chi connectivity index (χ0v) is 23.4. The molecule has 0 amide bonds. The summed E-state index contributed by atoms with van der Waals surface area (Å²) in [5.41, 5.74) is 0.706. The molecule has 4 bridgehead atoms. The van der Waals surface area contributed by atoms with E-state index in [9.17, 15) is 19.5 Å². The molecule has 0 aliphatic heterocycles. The summed E-state index contributed by atoms with van der Waals surface area (Å²) in [6, 6.07) is 0. The SMILES string of the molecule is CC(C)(C(=O)O)C(=O)CC1=CCC2CC1C2(C)C.CC(C)(C(=O)O)C(O)CC1=CCC2CC1C2(C)C. The van der Waals surface area contributed by atoms with Crippen molar-refractivity contribution in [2.45, 2.75) is 100 Å². The Hall–Kier alpha value is -1.95. The Labute approximate surface area is 216 Å². The number of aliphatic hydroxyl groups excluding tert-OH is 1. The molecule has 2 fully saturated rings. The maximum atomic E-state index is 12.1. The van der Waals surface area contributed by atoms with Crippen molar-refractivity contribution in [2.24, 2.45) is 45.3 Å². The minimum Gasteiger partial charge on any atom is -0.481 e. The largest absolute Gasteiger partial charge is 0.481 e. The second kappa shape index (κ2) is 9.41. The fourth-order valence-corrected chi connectivity index (χ4v) is 6.53. The molecular formula is C30H46O6. The van der Waals surface area contributed by atoms with Crippen LogP contribution >= 0.6 is 0 Å². The van der Waals surface area contributed by atoms with Gasteiger partial charge in [0.15, 0.2) is 5.78 Å². The molecule has 6 aliphatic rings. The summed E-state index contributed by atoms with van der Waals surface area (Å²) in [4.78, 5) is 34.4. The monoisotopic (exact) mass is 502 g/mol. The summed E-state index contributed by atoms with van der Waals surface area (Å²) in [6.07, 6.45) is 8.89. The molecule has 0 radical (unpaired) electrons. The average Bonchev–Trinajstić information content (AvgIpc) is 2.78. The molecule has 0 spiro atoms. The summed E-state index contributed by atoms with van der Waals surface area (Å²) in [7, 11) is 0. The second-order valence-corrected chi connectivity index (χ2v) is 13.9. The first-order valence-electron chi connectivity index (χ1n) is 13.4. The Balaban J connectivity index is 0.000000201. The van der Waals surface area contributed by atoms with Gasteiger partial charge in [0.25, 0.3) is 0 Å². The highest BCUT2D eigenvalue weighted by Gasteiger charge is 2.53. The van der Waals surface area contributed by atoms with E-state index in [2.05, 4.69) is 39.8 Å². The van der Waals surface area contributed by atoms with Crippen LogP contribution in [0.1, 0.15) is 93.9 Å². The first-order valence-corrected chi connectivity index (χ1v) is 13.4. The third-order valence-electron chi connectivity index (χ3n) is 10.6. The molecule has 0 heterocycles. The van der Waals surface area contributed by atoms with Crippen LogP contribution in [0.15, 0.2) is 23.3 Å². The van der Waals surface area contributed by atoms with Crippen molar-refractivity contribution in [3.63, 3.8) is 0 Å². The minimum absolute atomic E-state index is 0.178. The van der Waals surface area contributed by atoms with Gasteiger partial charge >= 0.3 is 11.9 Å². The van der Waals surface area contributed by atoms with Crippen molar-refractivity contribution in [1.82, 2.24) is 0 Å². The number of rotatable bonds is 8. The molecule has 2 saturated carbocycles. The Kier molecular flexibility index (Phi) is 7.48. The van der Waals surface area contributed by atoms with E-state index in [1.165, 1.54) is 37.8 Å². The molecule has 0 aromatic carbocycles. The molecule has 6 heteroatoms. The summed E-state index contributed by atoms with van der Waals surface area (Å²) in [6.45, 7) is 15.3. The standard InChI is InChI=1S/C15H24O3.C15H22O3/c2*1-14(2)10-6-5-9(11(14)8-10)7-12(16)15(3,4)13(17)18/h5,10-12,16H,6-8H2,1-4H3,(H,17,18);5,10-11H,6-8H2,1-4H3,(H,17,18). The molecule has 6 rings (SSSR count). The summed E-state index contributed by atoms with van der Waals surface area (Å²) < 4.78 is 0. The van der Waals surface area contributed by atoms with E-state index in [4.69, 9.17) is 10.2 Å². The molecule has 36 heavy (non-hydrogen) atoms. The number of fused-ring (bicyclic) bond motifs is 2. The third-order valence-corrected chi connectivity index (χ3v) is 10.6. The number of ketones is 1. The Morgan fingerprint density at radius 3 is 1.69 bits per heavy atom. The molecule has 5 unspecified atom stereocenters. The number of carbonyl (C=O) groups is 3. The molecular weight excluding hydrogens is 456 g/mol. The minimum atomic E-state index is -1.27. The van der Waals surface area contributed by atoms with Crippen molar-refractivity contribution in [3.8, 4) is 0 Å². The van der Waals surface area contributed by atoms with E-state index in [-0.39, 0.29) is 11.2 Å². The highest BCUT2D eigenvalue weighted by molar-refractivity contribution is 6.03. The fourth-order valence-electron chi connectivity index (χ4n) is 6.53. The highest BCUT2D eigenvalue weighted by Crippen LogP contribution is 2.61. The van der Waals surface area contributed by atoms with Gasteiger partial charge in [0, 0.05) is 6.42 Å². The number of hydrogen-bond donors (Lipinski definition) is 3. The third kappa shape index (κ3) is 4.82. The number of aliphatic hydroxyl groups is 1. The normalized spacial score (nSPS) is 30.2. The van der Waals surface area contributed by atoms with E-state index >= 15 is 0 Å². The van der Waals surface area contributed by atoms with E-state index in [0.717, 1.165) is 24.7 Å². The van der Waals surface area contributed by atoms with Gasteiger partial charge in [-0.2, -0.15) is 0 Å². The molecule has 0 aromatic rings. The van der Waals surface area contributed by atoms with E-state index in [0.29, 0.717) is 30.1 Å². The number of allylic oxidation sites excluding steroid dienone is 3. The van der Waals surface area contributed by atoms with Crippen LogP contribution < -0.4 is 0 Å². The molecule has 3 N–H and O–H groups in total. The number of Topliss-reactive ketones (excluding diaryl/α,β-unsaturated/α-hetero) is 1. The highest BCUT2D eigenvalue weighted by atomic mass is 16.4. The maximum Gasteiger partial charge on any atom is 0.316 e. The lowest BCUT2D eigenvalue weighted by atomic mass is 9.48. The van der Waals surface area contributed by atoms with Gasteiger partial charge in [0.1, 0.15) is 5.41 Å². The Morgan fingerprint density at radius 2 is 1.31 bits per heavy atom. The van der Waals surface area contributed by atoms with Gasteiger partial charge in [-0.25, -0.2) is 0 Å². The lowest BCUT2D eigenvalue weighted by Gasteiger charge is -2.57. The van der Waals surface area contributed by atoms with E-state index < -0.39 is 28.9 Å². The van der Waals surface area contributed by atoms with Gasteiger partial charge in [0.2, 0.25) is 0 Å². The van der Waals surface area contributed by atoms with Crippen molar-refractivity contribution < 1.29 is 29.7 Å². The first-order chi connectivity index (χ1) is 16.3. The van der Waals surface area contributed by atoms with Crippen molar-refractivity contribution >= 4 is 17.7 Å². The van der Waals surface area contributed by atoms with Gasteiger partial charge in [-0.05, 0) is 94.3 Å². The van der Waals surface area contributed by atoms with Crippen LogP contribution in [0.2, 0.25) is 0 Å². The van der Waals surface area contributed by atoms with Gasteiger partial charge in [-0.15, -0.1) is 0 Å². The average molecular weight is 503 g/mol. The van der Waals surface area contributed by atoms with Crippen LogP contribution in [-0.4, -0.2) is 39.1 Å². The first kappa shape index (κ1) is 28.6. The Morgan fingerprint density at radius 1 is 0.861 bits per heavy atom. The lowest BCUT2D eigenvalue weighted by molar-refractivity contribution is -0.154. The number of aliphatic carboxylic acids is 2. The quantitative estimate of drug-likeness (QED) is 0.282. The summed E-state index contributed by atoms with van der Waals surface area (Å²) in [5, 5.41) is 28.4. The molecule has 202 valence electrons. The van der Waals surface area contributed by atoms with Gasteiger partial charge in [-0.3, -0.25) is 14.4 Å². The van der Waals surface area contributed by atoms with Crippen molar-refractivity contribution in [2.75, 3.05) is 0 Å². The van der Waals surface area contributed by atoms with Gasteiger partial charge in [-0.1, -0.05) is 51.0 Å². The molecule has 0 saturated heterocycles. The second-order valence-electron chi connectivity index (χ2n) is 13.9. The van der Waals surface area contributed by atoms with Crippen LogP contribution in [0.25, 0.3) is 0 Å². The number of carbonyl (C=O) groups excluding carboxylic acids is 1. The summed E-state index contributed by atoms with van der Waals surface area (Å²) >= 11 is 0. The molecule has 5 atom stereocenters. The molecule has 0 aromatic heterocycles. The van der Waals surface area contributed by atoms with Crippen LogP contribution in [-0.2, 0) is 14.4 Å². The molecule has 6 aliphatic carbocycles. The van der Waals surface area contributed by atoms with Crippen LogP contribution in [0, 0.1) is 45.3 Å². The predicted molar refractivity (Wildman–Crippen MR) is 139 cm³/mol. The van der Waals surface area contributed by atoms with Gasteiger partial charge in [0.05, 0.1) is 11.5 Å². The zero-order valence-electron chi connectivity index (χ0n) is 23.4. The van der Waals surface area contributed by atoms with E-state index in [1.54, 1.807) is 13.8 Å².